The largest absolute Gasteiger partial charge is 0.322 e. The molecule has 1 atom stereocenters. The third kappa shape index (κ3) is 1.00. The second-order valence-corrected chi connectivity index (χ2v) is 2.06. The minimum Gasteiger partial charge on any atom is -0.322 e. The van der Waals surface area contributed by atoms with Crippen molar-refractivity contribution in [3.63, 3.8) is 0 Å². The highest BCUT2D eigenvalue weighted by atomic mass is 31.0. The Labute approximate surface area is 44.8 Å². The van der Waals surface area contributed by atoms with Gasteiger partial charge in [-0.05, 0) is 16.3 Å². The number of nitrogens with zero attached hydrogens (tertiary/aromatic N) is 2. The second-order valence-electron chi connectivity index (χ2n) is 1.46. The number of imidazole rings is 1. The standard InChI is InChI=1S/C4H7N2P/c1-4-2-6(7)3-5-4/h2-3H,7H2,1H3. The van der Waals surface area contributed by atoms with Crippen LogP contribution in [0.25, 0.3) is 0 Å². The number of hydrogen-bond acceptors (Lipinski definition) is 1. The Morgan fingerprint density at radius 1 is 1.86 bits per heavy atom. The molecule has 3 heteroatoms. The molecule has 0 saturated carbocycles. The van der Waals surface area contributed by atoms with Crippen LogP contribution in [0.4, 0.5) is 0 Å². The summed E-state index contributed by atoms with van der Waals surface area (Å²) in [5, 5.41) is 0. The zero-order valence-electron chi connectivity index (χ0n) is 4.13. The van der Waals surface area contributed by atoms with E-state index in [1.54, 1.807) is 6.33 Å². The first-order valence-electron chi connectivity index (χ1n) is 2.05. The molecule has 1 aromatic heterocycles. The molecule has 1 rings (SSSR count). The lowest BCUT2D eigenvalue weighted by molar-refractivity contribution is 1.22. The van der Waals surface area contributed by atoms with Gasteiger partial charge in [-0.25, -0.2) is 4.98 Å². The molecule has 0 N–H and O–H groups in total. The zero-order valence-corrected chi connectivity index (χ0v) is 5.28. The third-order valence-corrected chi connectivity index (χ3v) is 1.01. The van der Waals surface area contributed by atoms with Gasteiger partial charge in [0, 0.05) is 6.20 Å². The van der Waals surface area contributed by atoms with Crippen molar-refractivity contribution >= 4 is 9.39 Å². The molecule has 0 bridgehead atoms. The van der Waals surface area contributed by atoms with Gasteiger partial charge in [0.25, 0.3) is 0 Å². The Kier molecular flexibility index (Phi) is 1.11. The Hall–Kier alpha value is -0.360. The summed E-state index contributed by atoms with van der Waals surface area (Å²) >= 11 is 0. The van der Waals surface area contributed by atoms with E-state index in [2.05, 4.69) is 14.4 Å². The Morgan fingerprint density at radius 3 is 2.71 bits per heavy atom. The molecular formula is C4H7N2P. The van der Waals surface area contributed by atoms with Crippen LogP contribution in [0, 0.1) is 6.92 Å². The quantitative estimate of drug-likeness (QED) is 0.457. The van der Waals surface area contributed by atoms with Gasteiger partial charge in [0.15, 0.2) is 0 Å². The maximum absolute atomic E-state index is 3.96. The smallest absolute Gasteiger partial charge is 0.0978 e. The summed E-state index contributed by atoms with van der Waals surface area (Å²) in [7, 11) is 2.50. The van der Waals surface area contributed by atoms with Crippen molar-refractivity contribution in [2.45, 2.75) is 6.92 Å². The van der Waals surface area contributed by atoms with E-state index in [1.807, 2.05) is 17.5 Å². The van der Waals surface area contributed by atoms with Gasteiger partial charge in [0.05, 0.1) is 12.0 Å². The van der Waals surface area contributed by atoms with Crippen molar-refractivity contribution < 1.29 is 0 Å². The topological polar surface area (TPSA) is 17.8 Å². The SMILES string of the molecule is Cc1cn(P)cn1. The molecule has 2 nitrogen and oxygen atoms in total. The summed E-state index contributed by atoms with van der Waals surface area (Å²) in [4.78, 5) is 3.96. The predicted octanol–water partition coefficient (Wildman–Crippen LogP) is 0.830. The molecule has 38 valence electrons. The lowest BCUT2D eigenvalue weighted by Gasteiger charge is -1.77. The molecule has 1 unspecified atom stereocenters. The van der Waals surface area contributed by atoms with E-state index >= 15 is 0 Å². The first-order chi connectivity index (χ1) is 3.29. The molecule has 0 radical (unpaired) electrons. The van der Waals surface area contributed by atoms with Crippen LogP contribution in [-0.4, -0.2) is 9.32 Å². The minimum atomic E-state index is 1.05. The van der Waals surface area contributed by atoms with Crippen LogP contribution in [0.2, 0.25) is 0 Å². The van der Waals surface area contributed by atoms with Gasteiger partial charge in [-0.1, -0.05) is 0 Å². The molecule has 0 spiro atoms. The van der Waals surface area contributed by atoms with Crippen molar-refractivity contribution in [3.05, 3.63) is 18.2 Å². The summed E-state index contributed by atoms with van der Waals surface area (Å²) in [6.07, 6.45) is 3.69. The van der Waals surface area contributed by atoms with Crippen molar-refractivity contribution in [2.24, 2.45) is 0 Å². The third-order valence-electron chi connectivity index (χ3n) is 0.731. The Balaban J connectivity index is 3.04. The van der Waals surface area contributed by atoms with E-state index in [0.717, 1.165) is 5.69 Å². The first-order valence-corrected chi connectivity index (χ1v) is 2.56. The zero-order chi connectivity index (χ0) is 5.28. The van der Waals surface area contributed by atoms with Crippen LogP contribution in [0.3, 0.4) is 0 Å². The van der Waals surface area contributed by atoms with E-state index in [1.165, 1.54) is 0 Å². The lowest BCUT2D eigenvalue weighted by Crippen LogP contribution is -1.64. The fourth-order valence-electron chi connectivity index (χ4n) is 0.440. The van der Waals surface area contributed by atoms with Gasteiger partial charge in [-0.3, -0.25) is 0 Å². The molecule has 0 saturated heterocycles. The van der Waals surface area contributed by atoms with Crippen LogP contribution in [-0.2, 0) is 0 Å². The van der Waals surface area contributed by atoms with E-state index in [0.29, 0.717) is 0 Å². The summed E-state index contributed by atoms with van der Waals surface area (Å²) in [6, 6.07) is 0. The molecular weight excluding hydrogens is 107 g/mol. The van der Waals surface area contributed by atoms with E-state index in [9.17, 15) is 0 Å². The second kappa shape index (κ2) is 1.63. The monoisotopic (exact) mass is 114 g/mol. The fraction of sp³-hybridized carbons (Fsp3) is 0.250. The highest BCUT2D eigenvalue weighted by molar-refractivity contribution is 7.14. The average molecular weight is 114 g/mol. The molecule has 7 heavy (non-hydrogen) atoms. The van der Waals surface area contributed by atoms with Gasteiger partial charge in [-0.2, -0.15) is 0 Å². The molecule has 1 aromatic rings. The predicted molar refractivity (Wildman–Crippen MR) is 32.1 cm³/mol. The maximum Gasteiger partial charge on any atom is 0.0978 e. The van der Waals surface area contributed by atoms with Crippen molar-refractivity contribution in [1.82, 2.24) is 9.32 Å². The number of hydrogen-bond donors (Lipinski definition) is 0. The Bertz CT molecular complexity index is 142. The number of rotatable bonds is 0. The summed E-state index contributed by atoms with van der Waals surface area (Å²) in [6.45, 7) is 1.96. The minimum absolute atomic E-state index is 1.05. The summed E-state index contributed by atoms with van der Waals surface area (Å²) in [5.74, 6) is 0. The highest BCUT2D eigenvalue weighted by Crippen LogP contribution is 1.95. The molecule has 0 amide bonds. The maximum atomic E-state index is 3.96. The van der Waals surface area contributed by atoms with Gasteiger partial charge in [0.1, 0.15) is 0 Å². The van der Waals surface area contributed by atoms with Gasteiger partial charge in [-0.15, -0.1) is 0 Å². The van der Waals surface area contributed by atoms with Crippen LogP contribution < -0.4 is 0 Å². The average Bonchev–Trinajstić information content (AvgIpc) is 1.87. The fourth-order valence-corrected chi connectivity index (χ4v) is 0.723. The first kappa shape index (κ1) is 4.79. The van der Waals surface area contributed by atoms with E-state index < -0.39 is 0 Å². The van der Waals surface area contributed by atoms with Gasteiger partial charge < -0.3 is 4.34 Å². The molecule has 1 heterocycles. The highest BCUT2D eigenvalue weighted by Gasteiger charge is 1.81. The number of aromatic nitrogens is 2. The van der Waals surface area contributed by atoms with Crippen molar-refractivity contribution in [1.29, 1.82) is 0 Å². The Morgan fingerprint density at radius 2 is 2.57 bits per heavy atom. The van der Waals surface area contributed by atoms with Crippen LogP contribution in [0.15, 0.2) is 12.5 Å². The summed E-state index contributed by atoms with van der Waals surface area (Å²) in [5.41, 5.74) is 1.05. The van der Waals surface area contributed by atoms with Gasteiger partial charge in [0.2, 0.25) is 0 Å². The molecule has 0 fully saturated rings. The van der Waals surface area contributed by atoms with Crippen molar-refractivity contribution in [3.8, 4) is 0 Å². The van der Waals surface area contributed by atoms with Crippen LogP contribution in [0.1, 0.15) is 5.69 Å². The molecule has 0 aromatic carbocycles. The molecule has 0 aliphatic rings. The molecule has 0 aliphatic heterocycles. The van der Waals surface area contributed by atoms with Gasteiger partial charge >= 0.3 is 0 Å². The summed E-state index contributed by atoms with van der Waals surface area (Å²) < 4.78 is 1.84. The number of aryl methyl sites for hydroxylation is 1. The normalized spacial score (nSPS) is 9.43. The van der Waals surface area contributed by atoms with Crippen molar-refractivity contribution in [2.75, 3.05) is 0 Å². The van der Waals surface area contributed by atoms with Crippen LogP contribution >= 0.6 is 9.39 Å². The molecule has 0 aliphatic carbocycles. The van der Waals surface area contributed by atoms with E-state index in [4.69, 9.17) is 0 Å². The lowest BCUT2D eigenvalue weighted by atomic mass is 10.6. The van der Waals surface area contributed by atoms with E-state index in [-0.39, 0.29) is 0 Å². The van der Waals surface area contributed by atoms with Crippen LogP contribution in [0.5, 0.6) is 0 Å².